The number of hydrogen-bond acceptors (Lipinski definition) is 2. The van der Waals surface area contributed by atoms with Crippen molar-refractivity contribution in [2.24, 2.45) is 0 Å². The zero-order valence-electron chi connectivity index (χ0n) is 10.4. The van der Waals surface area contributed by atoms with Crippen molar-refractivity contribution in [3.63, 3.8) is 0 Å². The fourth-order valence-electron chi connectivity index (χ4n) is 2.18. The van der Waals surface area contributed by atoms with Crippen LogP contribution in [0.1, 0.15) is 36.8 Å². The Morgan fingerprint density at radius 2 is 1.89 bits per heavy atom. The molecule has 1 fully saturated rings. The molecule has 0 saturated carbocycles. The summed E-state index contributed by atoms with van der Waals surface area (Å²) < 4.78 is 1.61. The fraction of sp³-hybridized carbons (Fsp3) is 0.538. The summed E-state index contributed by atoms with van der Waals surface area (Å²) >= 11 is 13.0. The van der Waals surface area contributed by atoms with E-state index < -0.39 is 5.38 Å². The van der Waals surface area contributed by atoms with Crippen LogP contribution in [0.5, 0.6) is 0 Å². The lowest BCUT2D eigenvalue weighted by Gasteiger charge is -2.23. The first-order valence-electron chi connectivity index (χ1n) is 6.33. The highest BCUT2D eigenvalue weighted by Crippen LogP contribution is 2.30. The number of nitrogens with zero attached hydrogens (tertiary/aromatic N) is 2. The first-order chi connectivity index (χ1) is 9.09. The number of halogens is 3. The van der Waals surface area contributed by atoms with Crippen LogP contribution >= 0.6 is 43.5 Å². The molecular weight excluding hydrogens is 395 g/mol. The van der Waals surface area contributed by atoms with E-state index in [2.05, 4.69) is 36.8 Å². The molecule has 1 aliphatic heterocycles. The number of carbonyl (C=O) groups is 1. The van der Waals surface area contributed by atoms with Gasteiger partial charge in [0.1, 0.15) is 0 Å². The third-order valence-corrected chi connectivity index (χ3v) is 4.67. The Balaban J connectivity index is 2.13. The molecule has 2 rings (SSSR count). The molecule has 0 spiro atoms. The van der Waals surface area contributed by atoms with Gasteiger partial charge in [-0.05, 0) is 50.8 Å². The van der Waals surface area contributed by atoms with Crippen molar-refractivity contribution in [1.29, 1.82) is 0 Å². The monoisotopic (exact) mass is 408 g/mol. The zero-order chi connectivity index (χ0) is 13.8. The van der Waals surface area contributed by atoms with Gasteiger partial charge in [0, 0.05) is 28.2 Å². The zero-order valence-corrected chi connectivity index (χ0v) is 14.3. The first kappa shape index (κ1) is 15.3. The van der Waals surface area contributed by atoms with Crippen molar-refractivity contribution < 1.29 is 4.79 Å². The highest BCUT2D eigenvalue weighted by molar-refractivity contribution is 9.11. The molecule has 1 aromatic rings. The Hall–Kier alpha value is -0.130. The highest BCUT2D eigenvalue weighted by Gasteiger charge is 2.27. The van der Waals surface area contributed by atoms with Crippen LogP contribution < -0.4 is 0 Å². The minimum Gasteiger partial charge on any atom is -0.341 e. The molecule has 0 bridgehead atoms. The molecule has 6 heteroatoms. The number of likely N-dealkylation sites (tertiary alicyclic amines) is 1. The predicted molar refractivity (Wildman–Crippen MR) is 83.3 cm³/mol. The van der Waals surface area contributed by atoms with E-state index in [0.717, 1.165) is 34.9 Å². The maximum absolute atomic E-state index is 12.4. The second-order valence-electron chi connectivity index (χ2n) is 4.62. The van der Waals surface area contributed by atoms with Crippen LogP contribution in [0.4, 0.5) is 0 Å². The van der Waals surface area contributed by atoms with Crippen LogP contribution in [0, 0.1) is 0 Å². The largest absolute Gasteiger partial charge is 0.341 e. The standard InChI is InChI=1S/C13H15Br2ClN2O/c14-9-7-10(15)12(17-8-9)11(16)13(19)18-5-3-1-2-4-6-18/h7-8,11H,1-6H2. The fourth-order valence-corrected chi connectivity index (χ4v) is 3.84. The molecule has 1 amide bonds. The SMILES string of the molecule is O=C(C(Cl)c1ncc(Br)cc1Br)N1CCCCCC1. The second-order valence-corrected chi connectivity index (χ2v) is 6.83. The molecule has 1 aromatic heterocycles. The maximum atomic E-state index is 12.4. The molecule has 0 aliphatic carbocycles. The van der Waals surface area contributed by atoms with Gasteiger partial charge in [0.05, 0.1) is 5.69 Å². The average molecular weight is 411 g/mol. The highest BCUT2D eigenvalue weighted by atomic mass is 79.9. The lowest BCUT2D eigenvalue weighted by molar-refractivity contribution is -0.130. The molecule has 3 nitrogen and oxygen atoms in total. The van der Waals surface area contributed by atoms with E-state index in [0.29, 0.717) is 5.69 Å². The summed E-state index contributed by atoms with van der Waals surface area (Å²) in [4.78, 5) is 18.5. The van der Waals surface area contributed by atoms with Gasteiger partial charge in [0.15, 0.2) is 5.38 Å². The van der Waals surface area contributed by atoms with E-state index in [-0.39, 0.29) is 5.91 Å². The average Bonchev–Trinajstić information content (AvgIpc) is 2.66. The molecule has 1 unspecified atom stereocenters. The van der Waals surface area contributed by atoms with Crippen molar-refractivity contribution >= 4 is 49.4 Å². The van der Waals surface area contributed by atoms with Crippen LogP contribution in [0.25, 0.3) is 0 Å². The molecule has 104 valence electrons. The summed E-state index contributed by atoms with van der Waals surface area (Å²) in [6, 6.07) is 1.85. The van der Waals surface area contributed by atoms with Gasteiger partial charge >= 0.3 is 0 Å². The summed E-state index contributed by atoms with van der Waals surface area (Å²) in [5.41, 5.74) is 0.583. The van der Waals surface area contributed by atoms with Gasteiger partial charge in [-0.3, -0.25) is 9.78 Å². The molecule has 2 heterocycles. The Labute approximate surface area is 135 Å². The Morgan fingerprint density at radius 1 is 1.26 bits per heavy atom. The smallest absolute Gasteiger partial charge is 0.246 e. The normalized spacial score (nSPS) is 17.9. The minimum absolute atomic E-state index is 0.0425. The number of hydrogen-bond donors (Lipinski definition) is 0. The summed E-state index contributed by atoms with van der Waals surface area (Å²) in [6.45, 7) is 1.60. The van der Waals surface area contributed by atoms with E-state index in [4.69, 9.17) is 11.6 Å². The van der Waals surface area contributed by atoms with Crippen LogP contribution in [-0.2, 0) is 4.79 Å². The van der Waals surface area contributed by atoms with Crippen molar-refractivity contribution in [1.82, 2.24) is 9.88 Å². The number of rotatable bonds is 2. The number of pyridine rings is 1. The molecule has 0 aromatic carbocycles. The number of amides is 1. The first-order valence-corrected chi connectivity index (χ1v) is 8.35. The second kappa shape index (κ2) is 7.04. The van der Waals surface area contributed by atoms with Gasteiger partial charge in [-0.15, -0.1) is 11.6 Å². The van der Waals surface area contributed by atoms with E-state index in [1.165, 1.54) is 12.8 Å². The lowest BCUT2D eigenvalue weighted by Crippen LogP contribution is -2.34. The van der Waals surface area contributed by atoms with Crippen molar-refractivity contribution in [2.45, 2.75) is 31.1 Å². The molecule has 1 atom stereocenters. The molecule has 19 heavy (non-hydrogen) atoms. The van der Waals surface area contributed by atoms with E-state index in [9.17, 15) is 4.79 Å². The lowest BCUT2D eigenvalue weighted by atomic mass is 10.2. The van der Waals surface area contributed by atoms with Gasteiger partial charge in [0.2, 0.25) is 5.91 Å². The summed E-state index contributed by atoms with van der Waals surface area (Å²) in [5, 5.41) is -0.722. The third-order valence-electron chi connectivity index (χ3n) is 3.21. The van der Waals surface area contributed by atoms with Gasteiger partial charge in [0.25, 0.3) is 0 Å². The van der Waals surface area contributed by atoms with Crippen molar-refractivity contribution in [3.8, 4) is 0 Å². The van der Waals surface area contributed by atoms with Crippen molar-refractivity contribution in [3.05, 3.63) is 26.9 Å². The topological polar surface area (TPSA) is 33.2 Å². The van der Waals surface area contributed by atoms with Gasteiger partial charge in [-0.2, -0.15) is 0 Å². The molecule has 0 N–H and O–H groups in total. The van der Waals surface area contributed by atoms with Crippen LogP contribution in [0.2, 0.25) is 0 Å². The number of alkyl halides is 1. The van der Waals surface area contributed by atoms with E-state index in [1.807, 2.05) is 11.0 Å². The van der Waals surface area contributed by atoms with E-state index in [1.54, 1.807) is 6.20 Å². The van der Waals surface area contributed by atoms with E-state index >= 15 is 0 Å². The maximum Gasteiger partial charge on any atom is 0.246 e. The summed E-state index contributed by atoms with van der Waals surface area (Å²) in [5.74, 6) is -0.0425. The summed E-state index contributed by atoms with van der Waals surface area (Å²) in [7, 11) is 0. The van der Waals surface area contributed by atoms with Crippen LogP contribution in [0.15, 0.2) is 21.2 Å². The van der Waals surface area contributed by atoms with Gasteiger partial charge in [-0.1, -0.05) is 12.8 Å². The van der Waals surface area contributed by atoms with Crippen LogP contribution in [-0.4, -0.2) is 28.9 Å². The molecule has 1 aliphatic rings. The molecular formula is C13H15Br2ClN2O. The molecule has 1 saturated heterocycles. The van der Waals surface area contributed by atoms with Crippen LogP contribution in [0.3, 0.4) is 0 Å². The van der Waals surface area contributed by atoms with Gasteiger partial charge in [-0.25, -0.2) is 0 Å². The number of carbonyl (C=O) groups excluding carboxylic acids is 1. The summed E-state index contributed by atoms with van der Waals surface area (Å²) in [6.07, 6.45) is 6.16. The Bertz CT molecular complexity index is 462. The number of aromatic nitrogens is 1. The quantitative estimate of drug-likeness (QED) is 0.682. The Kier molecular flexibility index (Phi) is 5.66. The van der Waals surface area contributed by atoms with Crippen molar-refractivity contribution in [2.75, 3.05) is 13.1 Å². The molecule has 0 radical (unpaired) electrons. The minimum atomic E-state index is -0.722. The van der Waals surface area contributed by atoms with Gasteiger partial charge < -0.3 is 4.90 Å². The third kappa shape index (κ3) is 3.92. The Morgan fingerprint density at radius 3 is 2.47 bits per heavy atom. The predicted octanol–water partition coefficient (Wildman–Crippen LogP) is 4.29.